The molecule has 0 bridgehead atoms. The summed E-state index contributed by atoms with van der Waals surface area (Å²) in [6.07, 6.45) is -0.648. The van der Waals surface area contributed by atoms with Crippen LogP contribution in [0.5, 0.6) is 0 Å². The van der Waals surface area contributed by atoms with Crippen molar-refractivity contribution in [1.29, 1.82) is 0 Å². The van der Waals surface area contributed by atoms with E-state index >= 15 is 0 Å². The molecule has 10 heteroatoms. The lowest BCUT2D eigenvalue weighted by molar-refractivity contribution is -0.152. The maximum Gasteiger partial charge on any atom is 0.327 e. The summed E-state index contributed by atoms with van der Waals surface area (Å²) in [5.41, 5.74) is 0. The normalized spacial score (nSPS) is 13.8. The summed E-state index contributed by atoms with van der Waals surface area (Å²) in [4.78, 5) is 23.3. The Balaban J connectivity index is 2.77. The second-order valence-electron chi connectivity index (χ2n) is 5.25. The van der Waals surface area contributed by atoms with Crippen LogP contribution in [0.25, 0.3) is 0 Å². The van der Waals surface area contributed by atoms with Crippen molar-refractivity contribution in [2.24, 2.45) is 0 Å². The Morgan fingerprint density at radius 2 is 1.88 bits per heavy atom. The van der Waals surface area contributed by atoms with Gasteiger partial charge in [-0.2, -0.15) is 4.72 Å². The largest absolute Gasteiger partial charge is 0.454 e. The molecule has 1 aromatic rings. The summed E-state index contributed by atoms with van der Waals surface area (Å²) in [5, 5.41) is 12.6. The molecule has 1 aromatic carbocycles. The minimum Gasteiger partial charge on any atom is -0.454 e. The fourth-order valence-electron chi connectivity index (χ4n) is 1.73. The maximum absolute atomic E-state index is 12.3. The monoisotopic (exact) mass is 392 g/mol. The standard InChI is InChI=1S/C15H21ClN2O6S/c1-3-8-17-13(20)9-24-15(21)14(10(2)19)18-25(22,23)12-6-4-11(16)5-7-12/h4-7,10,14,18-19H,3,8-9H2,1-2H3,(H,17,20)/t10-,14-/m1/s1. The number of aliphatic hydroxyl groups excluding tert-OH is 1. The van der Waals surface area contributed by atoms with Crippen LogP contribution in [-0.2, 0) is 24.3 Å². The molecular weight excluding hydrogens is 372 g/mol. The Morgan fingerprint density at radius 1 is 1.28 bits per heavy atom. The lowest BCUT2D eigenvalue weighted by Crippen LogP contribution is -2.49. The van der Waals surface area contributed by atoms with Gasteiger partial charge in [-0.3, -0.25) is 9.59 Å². The van der Waals surface area contributed by atoms with E-state index in [1.165, 1.54) is 31.2 Å². The topological polar surface area (TPSA) is 122 Å². The van der Waals surface area contributed by atoms with Crippen LogP contribution in [-0.4, -0.2) is 50.7 Å². The van der Waals surface area contributed by atoms with Gasteiger partial charge in [-0.05, 0) is 37.6 Å². The number of rotatable bonds is 9. The van der Waals surface area contributed by atoms with E-state index in [2.05, 4.69) is 10.0 Å². The number of nitrogens with one attached hydrogen (secondary N) is 2. The first-order valence-electron chi connectivity index (χ1n) is 7.56. The summed E-state index contributed by atoms with van der Waals surface area (Å²) < 4.78 is 31.4. The zero-order chi connectivity index (χ0) is 19.0. The van der Waals surface area contributed by atoms with Gasteiger partial charge in [0.25, 0.3) is 5.91 Å². The van der Waals surface area contributed by atoms with Crippen LogP contribution < -0.4 is 10.0 Å². The third-order valence-electron chi connectivity index (χ3n) is 3.06. The molecule has 0 unspecified atom stereocenters. The number of carbonyl (C=O) groups excluding carboxylic acids is 2. The molecule has 0 aliphatic heterocycles. The first kappa shape index (κ1) is 21.4. The van der Waals surface area contributed by atoms with E-state index in [9.17, 15) is 23.1 Å². The second-order valence-corrected chi connectivity index (χ2v) is 7.40. The molecule has 2 atom stereocenters. The molecule has 0 aliphatic carbocycles. The lowest BCUT2D eigenvalue weighted by Gasteiger charge is -2.20. The molecule has 25 heavy (non-hydrogen) atoms. The predicted octanol–water partition coefficient (Wildman–Crippen LogP) is 0.437. The van der Waals surface area contributed by atoms with Gasteiger partial charge in [0.15, 0.2) is 6.61 Å². The molecular formula is C15H21ClN2O6S. The number of aliphatic hydroxyl groups is 1. The summed E-state index contributed by atoms with van der Waals surface area (Å²) >= 11 is 5.71. The van der Waals surface area contributed by atoms with Crippen molar-refractivity contribution < 1.29 is 27.9 Å². The van der Waals surface area contributed by atoms with Gasteiger partial charge in [0.1, 0.15) is 6.04 Å². The van der Waals surface area contributed by atoms with Crippen LogP contribution in [0, 0.1) is 0 Å². The van der Waals surface area contributed by atoms with Gasteiger partial charge in [0, 0.05) is 11.6 Å². The third kappa shape index (κ3) is 6.99. The van der Waals surface area contributed by atoms with Crippen molar-refractivity contribution in [2.75, 3.05) is 13.2 Å². The quantitative estimate of drug-likeness (QED) is 0.524. The Morgan fingerprint density at radius 3 is 2.40 bits per heavy atom. The zero-order valence-electron chi connectivity index (χ0n) is 13.9. The fourth-order valence-corrected chi connectivity index (χ4v) is 3.12. The number of esters is 1. The van der Waals surface area contributed by atoms with Crippen LogP contribution in [0.15, 0.2) is 29.2 Å². The molecule has 0 saturated heterocycles. The number of hydrogen-bond donors (Lipinski definition) is 3. The highest BCUT2D eigenvalue weighted by Gasteiger charge is 2.31. The molecule has 3 N–H and O–H groups in total. The number of halogens is 1. The van der Waals surface area contributed by atoms with Crippen molar-refractivity contribution in [2.45, 2.75) is 37.3 Å². The summed E-state index contributed by atoms with van der Waals surface area (Å²) in [6, 6.07) is 3.72. The number of amides is 1. The van der Waals surface area contributed by atoms with Crippen LogP contribution in [0.3, 0.4) is 0 Å². The zero-order valence-corrected chi connectivity index (χ0v) is 15.4. The van der Waals surface area contributed by atoms with E-state index in [1.807, 2.05) is 6.92 Å². The highest BCUT2D eigenvalue weighted by molar-refractivity contribution is 7.89. The molecule has 0 aliphatic rings. The van der Waals surface area contributed by atoms with Gasteiger partial charge in [-0.15, -0.1) is 0 Å². The molecule has 1 rings (SSSR count). The molecule has 1 amide bonds. The average molecular weight is 393 g/mol. The van der Waals surface area contributed by atoms with Gasteiger partial charge >= 0.3 is 5.97 Å². The Labute approximate surface area is 151 Å². The second kappa shape index (κ2) is 9.71. The van der Waals surface area contributed by atoms with E-state index in [4.69, 9.17) is 16.3 Å². The van der Waals surface area contributed by atoms with Gasteiger partial charge in [-0.1, -0.05) is 18.5 Å². The summed E-state index contributed by atoms with van der Waals surface area (Å²) in [5.74, 6) is -1.57. The minimum atomic E-state index is -4.09. The van der Waals surface area contributed by atoms with E-state index in [-0.39, 0.29) is 4.90 Å². The van der Waals surface area contributed by atoms with Crippen molar-refractivity contribution in [3.63, 3.8) is 0 Å². The molecule has 0 saturated carbocycles. The van der Waals surface area contributed by atoms with Crippen LogP contribution in [0.1, 0.15) is 20.3 Å². The van der Waals surface area contributed by atoms with Crippen molar-refractivity contribution >= 4 is 33.5 Å². The smallest absolute Gasteiger partial charge is 0.327 e. The highest BCUT2D eigenvalue weighted by Crippen LogP contribution is 2.15. The first-order valence-corrected chi connectivity index (χ1v) is 9.42. The Bertz CT molecular complexity index is 690. The van der Waals surface area contributed by atoms with E-state index in [0.29, 0.717) is 11.6 Å². The highest BCUT2D eigenvalue weighted by atomic mass is 35.5. The summed E-state index contributed by atoms with van der Waals surface area (Å²) in [6.45, 7) is 2.96. The Kier molecular flexibility index (Phi) is 8.30. The SMILES string of the molecule is CCCNC(=O)COC(=O)[C@H](NS(=O)(=O)c1ccc(Cl)cc1)[C@@H](C)O. The fraction of sp³-hybridized carbons (Fsp3) is 0.467. The number of carbonyl (C=O) groups is 2. The Hall–Kier alpha value is -1.68. The van der Waals surface area contributed by atoms with E-state index in [1.54, 1.807) is 0 Å². The van der Waals surface area contributed by atoms with Crippen LogP contribution in [0.4, 0.5) is 0 Å². The van der Waals surface area contributed by atoms with E-state index in [0.717, 1.165) is 6.42 Å². The van der Waals surface area contributed by atoms with Crippen LogP contribution in [0.2, 0.25) is 5.02 Å². The number of hydrogen-bond acceptors (Lipinski definition) is 6. The van der Waals surface area contributed by atoms with Crippen molar-refractivity contribution in [1.82, 2.24) is 10.0 Å². The number of sulfonamides is 1. The van der Waals surface area contributed by atoms with Gasteiger partial charge in [0.05, 0.1) is 11.0 Å². The minimum absolute atomic E-state index is 0.129. The molecule has 0 fully saturated rings. The third-order valence-corrected chi connectivity index (χ3v) is 4.77. The molecule has 0 aromatic heterocycles. The molecule has 0 spiro atoms. The van der Waals surface area contributed by atoms with Gasteiger partial charge < -0.3 is 15.2 Å². The lowest BCUT2D eigenvalue weighted by atomic mass is 10.2. The van der Waals surface area contributed by atoms with E-state index < -0.39 is 40.7 Å². The van der Waals surface area contributed by atoms with Crippen molar-refractivity contribution in [3.8, 4) is 0 Å². The van der Waals surface area contributed by atoms with Gasteiger partial charge in [0.2, 0.25) is 10.0 Å². The number of ether oxygens (including phenoxy) is 1. The predicted molar refractivity (Wildman–Crippen MR) is 91.5 cm³/mol. The van der Waals surface area contributed by atoms with Crippen molar-refractivity contribution in [3.05, 3.63) is 29.3 Å². The maximum atomic E-state index is 12.3. The number of benzene rings is 1. The molecule has 0 radical (unpaired) electrons. The first-order chi connectivity index (χ1) is 11.7. The molecule has 0 heterocycles. The van der Waals surface area contributed by atoms with Crippen LogP contribution >= 0.6 is 11.6 Å². The average Bonchev–Trinajstić information content (AvgIpc) is 2.55. The molecule has 140 valence electrons. The van der Waals surface area contributed by atoms with Gasteiger partial charge in [-0.25, -0.2) is 8.42 Å². The molecule has 8 nitrogen and oxygen atoms in total. The summed E-state index contributed by atoms with van der Waals surface area (Å²) in [7, 11) is -4.09.